The van der Waals surface area contributed by atoms with E-state index in [9.17, 15) is 9.59 Å². The molecule has 0 saturated carbocycles. The van der Waals surface area contributed by atoms with E-state index in [2.05, 4.69) is 0 Å². The van der Waals surface area contributed by atoms with Gasteiger partial charge in [-0.1, -0.05) is 45.0 Å². The van der Waals surface area contributed by atoms with E-state index in [0.29, 0.717) is 0 Å². The Kier molecular flexibility index (Phi) is 6.67. The molecule has 2 N–H and O–H groups in total. The molecule has 0 amide bonds. The molecular formula is C13H18BaO4. The zero-order chi connectivity index (χ0) is 13.2. The van der Waals surface area contributed by atoms with Gasteiger partial charge in [-0.25, -0.2) is 0 Å². The van der Waals surface area contributed by atoms with Gasteiger partial charge < -0.3 is 10.2 Å². The fourth-order valence-electron chi connectivity index (χ4n) is 1.57. The van der Waals surface area contributed by atoms with E-state index in [1.807, 2.05) is 20.8 Å². The molecule has 0 radical (unpaired) electrons. The maximum atomic E-state index is 10.8. The number of carboxylic acid groups (broad SMARTS) is 2. The minimum atomic E-state index is -1.50. The summed E-state index contributed by atoms with van der Waals surface area (Å²) in [6.07, 6.45) is 0. The zero-order valence-electron chi connectivity index (χ0n) is 10.1. The number of hydrogen-bond donors (Lipinski definition) is 2. The van der Waals surface area contributed by atoms with Gasteiger partial charge in [-0.3, -0.25) is 9.59 Å². The predicted octanol–water partition coefficient (Wildman–Crippen LogP) is 1.32. The molecule has 0 saturated heterocycles. The van der Waals surface area contributed by atoms with Crippen molar-refractivity contribution in [2.75, 3.05) is 0 Å². The first-order valence-corrected chi connectivity index (χ1v) is 5.29. The number of carboxylic acids is 2. The summed E-state index contributed by atoms with van der Waals surface area (Å²) in [7, 11) is 0. The van der Waals surface area contributed by atoms with Crippen LogP contribution in [0.15, 0.2) is 24.3 Å². The normalized spacial score (nSPS) is 10.9. The van der Waals surface area contributed by atoms with Crippen LogP contribution in [0.4, 0.5) is 0 Å². The molecule has 18 heavy (non-hydrogen) atoms. The summed E-state index contributed by atoms with van der Waals surface area (Å²) in [5.41, 5.74) is 1.29. The van der Waals surface area contributed by atoms with Crippen LogP contribution in [0.2, 0.25) is 0 Å². The van der Waals surface area contributed by atoms with Crippen molar-refractivity contribution in [3.8, 4) is 0 Å². The monoisotopic (exact) mass is 376 g/mol. The number of rotatable bonds is 3. The van der Waals surface area contributed by atoms with Crippen LogP contribution in [0.5, 0.6) is 0 Å². The van der Waals surface area contributed by atoms with Crippen molar-refractivity contribution >= 4 is 60.8 Å². The molecule has 1 aromatic carbocycles. The van der Waals surface area contributed by atoms with Crippen molar-refractivity contribution in [3.05, 3.63) is 35.4 Å². The molecule has 4 nitrogen and oxygen atoms in total. The molecule has 0 heterocycles. The number of benzene rings is 1. The number of hydrogen-bond acceptors (Lipinski definition) is 2. The molecule has 0 bridgehead atoms. The first-order chi connectivity index (χ1) is 7.73. The zero-order valence-corrected chi connectivity index (χ0v) is 10.1. The summed E-state index contributed by atoms with van der Waals surface area (Å²) in [5.74, 6) is -4.19. The van der Waals surface area contributed by atoms with Crippen LogP contribution in [0.25, 0.3) is 0 Å². The van der Waals surface area contributed by atoms with Crippen LogP contribution in [0.1, 0.15) is 37.8 Å². The molecular weight excluding hydrogens is 357 g/mol. The van der Waals surface area contributed by atoms with E-state index in [4.69, 9.17) is 10.2 Å². The SMILES string of the molecule is CC(C)(C)c1ccc(C(C(=O)O)C(=O)O)cc1.[BaH2]. The van der Waals surface area contributed by atoms with E-state index >= 15 is 0 Å². The summed E-state index contributed by atoms with van der Waals surface area (Å²) in [4.78, 5) is 21.7. The fourth-order valence-corrected chi connectivity index (χ4v) is 1.57. The summed E-state index contributed by atoms with van der Waals surface area (Å²) in [6.45, 7) is 6.11. The Labute approximate surface area is 146 Å². The van der Waals surface area contributed by atoms with Crippen molar-refractivity contribution in [3.63, 3.8) is 0 Å². The summed E-state index contributed by atoms with van der Waals surface area (Å²) in [5, 5.41) is 17.7. The van der Waals surface area contributed by atoms with Crippen molar-refractivity contribution in [2.45, 2.75) is 32.1 Å². The Hall–Kier alpha value is -0.269. The third-order valence-corrected chi connectivity index (χ3v) is 2.60. The average molecular weight is 376 g/mol. The number of carbonyl (C=O) groups is 2. The molecule has 0 aliphatic heterocycles. The van der Waals surface area contributed by atoms with Gasteiger partial charge in [0.15, 0.2) is 5.92 Å². The molecule has 5 heteroatoms. The molecule has 0 aromatic heterocycles. The van der Waals surface area contributed by atoms with Crippen LogP contribution in [0.3, 0.4) is 0 Å². The quantitative estimate of drug-likeness (QED) is 0.617. The first kappa shape index (κ1) is 17.7. The Morgan fingerprint density at radius 1 is 1.00 bits per heavy atom. The van der Waals surface area contributed by atoms with Gasteiger partial charge >= 0.3 is 60.8 Å². The van der Waals surface area contributed by atoms with Crippen LogP contribution >= 0.6 is 0 Å². The molecule has 0 aliphatic rings. The van der Waals surface area contributed by atoms with Gasteiger partial charge in [-0.05, 0) is 16.5 Å². The van der Waals surface area contributed by atoms with Crippen LogP contribution < -0.4 is 0 Å². The molecule has 96 valence electrons. The van der Waals surface area contributed by atoms with Crippen LogP contribution in [-0.2, 0) is 15.0 Å². The van der Waals surface area contributed by atoms with Gasteiger partial charge in [0.2, 0.25) is 0 Å². The van der Waals surface area contributed by atoms with Crippen LogP contribution in [0, 0.1) is 0 Å². The van der Waals surface area contributed by atoms with Gasteiger partial charge in [0.05, 0.1) is 0 Å². The first-order valence-electron chi connectivity index (χ1n) is 5.29. The van der Waals surface area contributed by atoms with Crippen molar-refractivity contribution in [1.82, 2.24) is 0 Å². The molecule has 0 atom stereocenters. The minimum absolute atomic E-state index is 0. The van der Waals surface area contributed by atoms with E-state index in [-0.39, 0.29) is 59.9 Å². The Morgan fingerprint density at radius 3 is 1.67 bits per heavy atom. The van der Waals surface area contributed by atoms with E-state index in [1.165, 1.54) is 0 Å². The maximum absolute atomic E-state index is 10.8. The van der Waals surface area contributed by atoms with Gasteiger partial charge in [0, 0.05) is 0 Å². The van der Waals surface area contributed by atoms with Crippen molar-refractivity contribution in [1.29, 1.82) is 0 Å². The molecule has 1 rings (SSSR count). The molecule has 1 aromatic rings. The topological polar surface area (TPSA) is 74.6 Å². The number of aliphatic carboxylic acids is 2. The predicted molar refractivity (Wildman–Crippen MR) is 71.7 cm³/mol. The van der Waals surface area contributed by atoms with Gasteiger partial charge in [-0.15, -0.1) is 0 Å². The van der Waals surface area contributed by atoms with Gasteiger partial charge in [-0.2, -0.15) is 0 Å². The standard InChI is InChI=1S/C13H16O4.Ba.2H/c1-13(2,3)9-6-4-8(5-7-9)10(11(14)15)12(16)17;;;/h4-7,10H,1-3H3,(H,14,15)(H,16,17);;;. The van der Waals surface area contributed by atoms with Gasteiger partial charge in [0.25, 0.3) is 0 Å². The van der Waals surface area contributed by atoms with E-state index in [1.54, 1.807) is 24.3 Å². The second-order valence-electron chi connectivity index (χ2n) is 4.98. The third-order valence-electron chi connectivity index (χ3n) is 2.60. The van der Waals surface area contributed by atoms with Crippen LogP contribution in [-0.4, -0.2) is 71.0 Å². The van der Waals surface area contributed by atoms with Gasteiger partial charge in [0.1, 0.15) is 0 Å². The van der Waals surface area contributed by atoms with E-state index < -0.39 is 17.9 Å². The third kappa shape index (κ3) is 4.44. The molecule has 0 unspecified atom stereocenters. The summed E-state index contributed by atoms with van der Waals surface area (Å²) >= 11 is 0. The Balaban J connectivity index is 0.00000289. The average Bonchev–Trinajstić information content (AvgIpc) is 2.15. The molecule has 0 fully saturated rings. The molecule has 0 aliphatic carbocycles. The fraction of sp³-hybridized carbons (Fsp3) is 0.385. The summed E-state index contributed by atoms with van der Waals surface area (Å²) < 4.78 is 0. The second kappa shape index (κ2) is 6.77. The van der Waals surface area contributed by atoms with Crippen molar-refractivity contribution in [2.24, 2.45) is 0 Å². The Morgan fingerprint density at radius 2 is 1.39 bits per heavy atom. The molecule has 0 spiro atoms. The summed E-state index contributed by atoms with van der Waals surface area (Å²) in [6, 6.07) is 6.67. The van der Waals surface area contributed by atoms with E-state index in [0.717, 1.165) is 5.56 Å². The second-order valence-corrected chi connectivity index (χ2v) is 4.98. The Bertz CT molecular complexity index is 417. The van der Waals surface area contributed by atoms with Crippen molar-refractivity contribution < 1.29 is 19.8 Å².